The van der Waals surface area contributed by atoms with Crippen LogP contribution in [0.1, 0.15) is 5.56 Å². The molecule has 2 N–H and O–H groups in total. The van der Waals surface area contributed by atoms with Crippen LogP contribution in [0.5, 0.6) is 0 Å². The maximum Gasteiger partial charge on any atom is 0.201 e. The largest absolute Gasteiger partial charge is 0.369 e. The molecule has 2 aromatic carbocycles. The van der Waals surface area contributed by atoms with E-state index >= 15 is 0 Å². The van der Waals surface area contributed by atoms with Gasteiger partial charge in [-0.25, -0.2) is 4.98 Å². The van der Waals surface area contributed by atoms with E-state index in [1.807, 2.05) is 34.9 Å². The van der Waals surface area contributed by atoms with E-state index in [0.717, 1.165) is 25.2 Å². The van der Waals surface area contributed by atoms with Gasteiger partial charge in [0.05, 0.1) is 17.6 Å². The summed E-state index contributed by atoms with van der Waals surface area (Å²) in [6, 6.07) is 13.9. The van der Waals surface area contributed by atoms with E-state index in [-0.39, 0.29) is 0 Å². The highest BCUT2D eigenvalue weighted by molar-refractivity contribution is 14.1. The Balaban J connectivity index is 2.05. The fourth-order valence-corrected chi connectivity index (χ4v) is 2.66. The number of imidazole rings is 1. The van der Waals surface area contributed by atoms with Gasteiger partial charge in [0.25, 0.3) is 0 Å². The van der Waals surface area contributed by atoms with Gasteiger partial charge in [0, 0.05) is 8.59 Å². The normalized spacial score (nSPS) is 11.1. The zero-order valence-corrected chi connectivity index (χ0v) is 12.9. The maximum atomic E-state index is 6.00. The molecule has 0 spiro atoms. The first-order chi connectivity index (χ1) is 9.13. The lowest BCUT2D eigenvalue weighted by atomic mass is 10.2. The zero-order valence-electron chi connectivity index (χ0n) is 9.98. The highest BCUT2D eigenvalue weighted by atomic mass is 127. The Bertz CT molecular complexity index is 734. The van der Waals surface area contributed by atoms with Crippen LogP contribution < -0.4 is 5.73 Å². The van der Waals surface area contributed by atoms with Gasteiger partial charge in [-0.15, -0.1) is 0 Å². The third-order valence-corrected chi connectivity index (χ3v) is 3.92. The molecule has 0 saturated carbocycles. The first kappa shape index (κ1) is 12.7. The van der Waals surface area contributed by atoms with Crippen molar-refractivity contribution in [1.29, 1.82) is 0 Å². The van der Waals surface area contributed by atoms with Crippen LogP contribution in [0.4, 0.5) is 5.95 Å². The SMILES string of the molecule is Nc1nc2cc(I)ccc2n1Cc1ccc(Cl)cc1. The quantitative estimate of drug-likeness (QED) is 0.682. The Morgan fingerprint density at radius 3 is 2.63 bits per heavy atom. The van der Waals surface area contributed by atoms with Gasteiger partial charge in [0.1, 0.15) is 0 Å². The van der Waals surface area contributed by atoms with Crippen molar-refractivity contribution in [3.63, 3.8) is 0 Å². The van der Waals surface area contributed by atoms with Crippen LogP contribution in [-0.2, 0) is 6.54 Å². The average Bonchev–Trinajstić information content (AvgIpc) is 2.68. The average molecular weight is 384 g/mol. The van der Waals surface area contributed by atoms with Gasteiger partial charge in [-0.05, 0) is 58.5 Å². The Kier molecular flexibility index (Phi) is 3.36. The van der Waals surface area contributed by atoms with Gasteiger partial charge in [-0.3, -0.25) is 0 Å². The molecule has 5 heteroatoms. The molecule has 0 radical (unpaired) electrons. The molecule has 0 aliphatic carbocycles. The number of benzene rings is 2. The molecule has 0 bridgehead atoms. The Morgan fingerprint density at radius 1 is 1.16 bits per heavy atom. The molecule has 0 fully saturated rings. The van der Waals surface area contributed by atoms with Crippen LogP contribution in [0.2, 0.25) is 5.02 Å². The molecule has 0 saturated heterocycles. The summed E-state index contributed by atoms with van der Waals surface area (Å²) in [5.74, 6) is 0.534. The van der Waals surface area contributed by atoms with Gasteiger partial charge in [0.15, 0.2) is 0 Å². The molecule has 3 rings (SSSR count). The van der Waals surface area contributed by atoms with Crippen LogP contribution in [0, 0.1) is 3.57 Å². The van der Waals surface area contributed by atoms with Crippen molar-refractivity contribution < 1.29 is 0 Å². The molecule has 1 heterocycles. The van der Waals surface area contributed by atoms with Crippen molar-refractivity contribution in [2.75, 3.05) is 5.73 Å². The lowest BCUT2D eigenvalue weighted by molar-refractivity contribution is 0.838. The van der Waals surface area contributed by atoms with Gasteiger partial charge in [-0.2, -0.15) is 0 Å². The van der Waals surface area contributed by atoms with E-state index in [9.17, 15) is 0 Å². The Labute approximate surface area is 129 Å². The van der Waals surface area contributed by atoms with E-state index in [1.54, 1.807) is 0 Å². The third-order valence-electron chi connectivity index (χ3n) is 2.99. The fraction of sp³-hybridized carbons (Fsp3) is 0.0714. The standard InChI is InChI=1S/C14H11ClIN3/c15-10-3-1-9(2-4-10)8-19-13-6-5-11(16)7-12(13)18-14(19)17/h1-7H,8H2,(H2,17,18). The summed E-state index contributed by atoms with van der Waals surface area (Å²) < 4.78 is 3.16. The topological polar surface area (TPSA) is 43.8 Å². The molecule has 19 heavy (non-hydrogen) atoms. The highest BCUT2D eigenvalue weighted by Crippen LogP contribution is 2.22. The van der Waals surface area contributed by atoms with Crippen molar-refractivity contribution in [1.82, 2.24) is 9.55 Å². The highest BCUT2D eigenvalue weighted by Gasteiger charge is 2.08. The number of hydrogen-bond donors (Lipinski definition) is 1. The summed E-state index contributed by atoms with van der Waals surface area (Å²) >= 11 is 8.16. The minimum atomic E-state index is 0.534. The number of nitrogens with zero attached hydrogens (tertiary/aromatic N) is 2. The zero-order chi connectivity index (χ0) is 13.4. The number of anilines is 1. The van der Waals surface area contributed by atoms with E-state index in [1.165, 1.54) is 0 Å². The molecule has 3 aromatic rings. The lowest BCUT2D eigenvalue weighted by Crippen LogP contribution is -2.04. The number of hydrogen-bond acceptors (Lipinski definition) is 2. The number of rotatable bonds is 2. The molecule has 0 atom stereocenters. The molecule has 0 amide bonds. The second-order valence-corrected chi connectivity index (χ2v) is 6.00. The van der Waals surface area contributed by atoms with E-state index in [0.29, 0.717) is 12.5 Å². The predicted octanol–water partition coefficient (Wildman–Crippen LogP) is 3.92. The number of aromatic nitrogens is 2. The van der Waals surface area contributed by atoms with Crippen molar-refractivity contribution in [2.45, 2.75) is 6.54 Å². The predicted molar refractivity (Wildman–Crippen MR) is 87.4 cm³/mol. The first-order valence-corrected chi connectivity index (χ1v) is 7.25. The second kappa shape index (κ2) is 5.02. The smallest absolute Gasteiger partial charge is 0.201 e. The molecule has 96 valence electrons. The van der Waals surface area contributed by atoms with Crippen molar-refractivity contribution >= 4 is 51.2 Å². The van der Waals surface area contributed by atoms with E-state index in [2.05, 4.69) is 39.7 Å². The number of nitrogen functional groups attached to an aromatic ring is 1. The fourth-order valence-electron chi connectivity index (χ4n) is 2.06. The summed E-state index contributed by atoms with van der Waals surface area (Å²) in [7, 11) is 0. The van der Waals surface area contributed by atoms with Crippen LogP contribution >= 0.6 is 34.2 Å². The lowest BCUT2D eigenvalue weighted by Gasteiger charge is -2.06. The molecule has 0 aliphatic rings. The molecule has 1 aromatic heterocycles. The van der Waals surface area contributed by atoms with Crippen LogP contribution in [0.15, 0.2) is 42.5 Å². The van der Waals surface area contributed by atoms with E-state index in [4.69, 9.17) is 17.3 Å². The summed E-state index contributed by atoms with van der Waals surface area (Å²) in [6.45, 7) is 0.695. The second-order valence-electron chi connectivity index (χ2n) is 4.32. The number of fused-ring (bicyclic) bond motifs is 1. The van der Waals surface area contributed by atoms with Crippen LogP contribution in [0.3, 0.4) is 0 Å². The van der Waals surface area contributed by atoms with Gasteiger partial charge >= 0.3 is 0 Å². The van der Waals surface area contributed by atoms with Crippen LogP contribution in [0.25, 0.3) is 11.0 Å². The Hall–Kier alpha value is -1.27. The van der Waals surface area contributed by atoms with E-state index < -0.39 is 0 Å². The minimum Gasteiger partial charge on any atom is -0.369 e. The van der Waals surface area contributed by atoms with Gasteiger partial charge < -0.3 is 10.3 Å². The monoisotopic (exact) mass is 383 g/mol. The molecule has 0 unspecified atom stereocenters. The maximum absolute atomic E-state index is 6.00. The summed E-state index contributed by atoms with van der Waals surface area (Å²) in [4.78, 5) is 4.40. The molecular formula is C14H11ClIN3. The van der Waals surface area contributed by atoms with Crippen molar-refractivity contribution in [3.8, 4) is 0 Å². The molecule has 0 aliphatic heterocycles. The van der Waals surface area contributed by atoms with Gasteiger partial charge in [-0.1, -0.05) is 23.7 Å². The number of halogens is 2. The van der Waals surface area contributed by atoms with Gasteiger partial charge in [0.2, 0.25) is 5.95 Å². The molecular weight excluding hydrogens is 373 g/mol. The summed E-state index contributed by atoms with van der Waals surface area (Å²) in [5.41, 5.74) is 9.13. The number of nitrogens with two attached hydrogens (primary N) is 1. The Morgan fingerprint density at radius 2 is 1.89 bits per heavy atom. The van der Waals surface area contributed by atoms with Crippen molar-refractivity contribution in [3.05, 3.63) is 56.6 Å². The van der Waals surface area contributed by atoms with Crippen LogP contribution in [-0.4, -0.2) is 9.55 Å². The first-order valence-electron chi connectivity index (χ1n) is 5.79. The summed E-state index contributed by atoms with van der Waals surface area (Å²) in [5, 5.41) is 0.738. The minimum absolute atomic E-state index is 0.534. The molecule has 3 nitrogen and oxygen atoms in total. The summed E-state index contributed by atoms with van der Waals surface area (Å²) in [6.07, 6.45) is 0. The van der Waals surface area contributed by atoms with Crippen molar-refractivity contribution in [2.24, 2.45) is 0 Å². The third kappa shape index (κ3) is 2.55.